The Kier molecular flexibility index (Phi) is 7.46. The molecule has 0 aliphatic carbocycles. The van der Waals surface area contributed by atoms with Gasteiger partial charge >= 0.3 is 6.09 Å². The summed E-state index contributed by atoms with van der Waals surface area (Å²) in [5.41, 5.74) is 0.0915. The first-order valence-electron chi connectivity index (χ1n) is 10.3. The number of anilines is 3. The zero-order valence-electron chi connectivity index (χ0n) is 18.0. The van der Waals surface area contributed by atoms with Crippen molar-refractivity contribution in [1.29, 1.82) is 0 Å². The molecule has 0 bridgehead atoms. The van der Waals surface area contributed by atoms with Crippen molar-refractivity contribution in [2.45, 2.75) is 24.7 Å². The van der Waals surface area contributed by atoms with E-state index in [4.69, 9.17) is 5.11 Å². The quantitative estimate of drug-likeness (QED) is 0.541. The van der Waals surface area contributed by atoms with Gasteiger partial charge in [-0.25, -0.2) is 32.3 Å². The smallest absolute Gasteiger partial charge is 0.407 e. The highest BCUT2D eigenvalue weighted by Gasteiger charge is 2.23. The molecule has 2 heterocycles. The van der Waals surface area contributed by atoms with Gasteiger partial charge in [0.2, 0.25) is 10.0 Å². The highest BCUT2D eigenvalue weighted by Crippen LogP contribution is 2.25. The summed E-state index contributed by atoms with van der Waals surface area (Å²) in [5, 5.41) is 11.9. The molecule has 0 spiro atoms. The number of hydrogen-bond donors (Lipinski definition) is 3. The number of benzene rings is 1. The summed E-state index contributed by atoms with van der Waals surface area (Å²) < 4.78 is 40.9. The minimum absolute atomic E-state index is 0.0915. The lowest BCUT2D eigenvalue weighted by molar-refractivity contribution is 0.125. The first-order valence-corrected chi connectivity index (χ1v) is 11.7. The number of amides is 1. The molecular weight excluding hydrogens is 439 g/mol. The van der Waals surface area contributed by atoms with Crippen LogP contribution in [0.25, 0.3) is 0 Å². The van der Waals surface area contributed by atoms with E-state index in [9.17, 15) is 17.6 Å². The van der Waals surface area contributed by atoms with Gasteiger partial charge < -0.3 is 20.2 Å². The minimum atomic E-state index is -3.75. The molecule has 174 valence electrons. The van der Waals surface area contributed by atoms with E-state index in [-0.39, 0.29) is 17.1 Å². The van der Waals surface area contributed by atoms with Gasteiger partial charge in [0.15, 0.2) is 0 Å². The Hall–Kier alpha value is -2.99. The molecule has 3 N–H and O–H groups in total. The van der Waals surface area contributed by atoms with Gasteiger partial charge in [0.1, 0.15) is 23.8 Å². The second kappa shape index (κ2) is 10.1. The molecule has 1 aromatic carbocycles. The lowest BCUT2D eigenvalue weighted by Crippen LogP contribution is -2.40. The van der Waals surface area contributed by atoms with E-state index in [1.807, 2.05) is 11.9 Å². The summed E-state index contributed by atoms with van der Waals surface area (Å²) >= 11 is 0. The second-order valence-electron chi connectivity index (χ2n) is 7.62. The number of rotatable bonds is 8. The number of hydrogen-bond acceptors (Lipinski definition) is 7. The molecule has 0 unspecified atom stereocenters. The third-order valence-corrected chi connectivity index (χ3v) is 6.85. The molecule has 3 rings (SSSR count). The largest absolute Gasteiger partial charge is 0.465 e. The number of nitrogens with zero attached hydrogens (tertiary/aromatic N) is 4. The highest BCUT2D eigenvalue weighted by molar-refractivity contribution is 7.89. The number of likely N-dealkylation sites (tertiary alicyclic amines) is 1. The first kappa shape index (κ1) is 23.7. The van der Waals surface area contributed by atoms with Crippen LogP contribution in [0.15, 0.2) is 35.5 Å². The molecule has 0 radical (unpaired) electrons. The number of aromatic nitrogens is 2. The average Bonchev–Trinajstić information content (AvgIpc) is 2.75. The number of halogens is 1. The fourth-order valence-corrected chi connectivity index (χ4v) is 4.64. The molecule has 12 heteroatoms. The van der Waals surface area contributed by atoms with Gasteiger partial charge in [0.05, 0.1) is 10.6 Å². The summed E-state index contributed by atoms with van der Waals surface area (Å²) in [6.07, 6.45) is 2.03. The van der Waals surface area contributed by atoms with Crippen molar-refractivity contribution < 1.29 is 22.7 Å². The van der Waals surface area contributed by atoms with E-state index in [1.54, 1.807) is 13.0 Å². The van der Waals surface area contributed by atoms with Gasteiger partial charge in [-0.1, -0.05) is 6.92 Å². The summed E-state index contributed by atoms with van der Waals surface area (Å²) in [5.74, 6) is 0.618. The Morgan fingerprint density at radius 2 is 2.00 bits per heavy atom. The first-order chi connectivity index (χ1) is 15.2. The van der Waals surface area contributed by atoms with Crippen LogP contribution in [0.1, 0.15) is 19.8 Å². The van der Waals surface area contributed by atoms with Gasteiger partial charge in [-0.2, -0.15) is 0 Å². The summed E-state index contributed by atoms with van der Waals surface area (Å²) in [6.45, 7) is 3.59. The molecule has 0 saturated carbocycles. The zero-order valence-corrected chi connectivity index (χ0v) is 18.8. The van der Waals surface area contributed by atoms with Gasteiger partial charge in [0, 0.05) is 39.3 Å². The van der Waals surface area contributed by atoms with Gasteiger partial charge in [-0.05, 0) is 37.0 Å². The minimum Gasteiger partial charge on any atom is -0.465 e. The summed E-state index contributed by atoms with van der Waals surface area (Å²) in [7, 11) is -1.86. The van der Waals surface area contributed by atoms with Crippen LogP contribution in [0.3, 0.4) is 0 Å². The van der Waals surface area contributed by atoms with Crippen LogP contribution in [-0.2, 0) is 10.0 Å². The Bertz CT molecular complexity index is 1060. The molecule has 1 saturated heterocycles. The molecule has 1 aliphatic heterocycles. The fraction of sp³-hybridized carbons (Fsp3) is 0.450. The van der Waals surface area contributed by atoms with Crippen molar-refractivity contribution in [3.63, 3.8) is 0 Å². The molecule has 1 amide bonds. The Morgan fingerprint density at radius 1 is 1.28 bits per heavy atom. The third-order valence-electron chi connectivity index (χ3n) is 5.31. The maximum absolute atomic E-state index is 14.5. The average molecular weight is 467 g/mol. The molecule has 2 aromatic rings. The van der Waals surface area contributed by atoms with Crippen molar-refractivity contribution in [2.24, 2.45) is 5.92 Å². The van der Waals surface area contributed by atoms with E-state index in [1.165, 1.54) is 23.4 Å². The van der Waals surface area contributed by atoms with Gasteiger partial charge in [-0.3, -0.25) is 0 Å². The lowest BCUT2D eigenvalue weighted by atomic mass is 9.96. The standard InChI is InChI=1S/C20H27FN6O4S/c1-3-24-32(30,31)15-4-5-17(16(21)10-15)25-18-11-19(23-13-22-18)26(2)12-14-6-8-27(9-7-14)20(28)29/h4-5,10-11,13-14,24H,3,6-9,12H2,1-2H3,(H,28,29)(H,22,23,25). The fourth-order valence-electron chi connectivity index (χ4n) is 3.59. The molecular formula is C20H27FN6O4S. The van der Waals surface area contributed by atoms with Crippen molar-refractivity contribution >= 4 is 33.4 Å². The lowest BCUT2D eigenvalue weighted by Gasteiger charge is -2.32. The Morgan fingerprint density at radius 3 is 2.62 bits per heavy atom. The third kappa shape index (κ3) is 5.82. The molecule has 1 aromatic heterocycles. The van der Waals surface area contributed by atoms with Gasteiger partial charge in [-0.15, -0.1) is 0 Å². The number of nitrogens with one attached hydrogen (secondary N) is 2. The number of sulfonamides is 1. The van der Waals surface area contributed by atoms with E-state index in [0.29, 0.717) is 37.2 Å². The summed E-state index contributed by atoms with van der Waals surface area (Å²) in [6, 6.07) is 5.30. The highest BCUT2D eigenvalue weighted by atomic mass is 32.2. The predicted octanol–water partition coefficient (Wildman–Crippen LogP) is 2.48. The molecule has 32 heavy (non-hydrogen) atoms. The van der Waals surface area contributed by atoms with Gasteiger partial charge in [0.25, 0.3) is 0 Å². The van der Waals surface area contributed by atoms with Crippen molar-refractivity contribution in [2.75, 3.05) is 43.4 Å². The monoisotopic (exact) mass is 466 g/mol. The predicted molar refractivity (Wildman–Crippen MR) is 118 cm³/mol. The second-order valence-corrected chi connectivity index (χ2v) is 9.39. The van der Waals surface area contributed by atoms with Crippen molar-refractivity contribution in [3.8, 4) is 0 Å². The van der Waals surface area contributed by atoms with Crippen LogP contribution in [0.5, 0.6) is 0 Å². The van der Waals surface area contributed by atoms with Crippen LogP contribution in [0.4, 0.5) is 26.5 Å². The number of piperidine rings is 1. The number of carbonyl (C=O) groups is 1. The molecule has 0 atom stereocenters. The molecule has 1 aliphatic rings. The maximum atomic E-state index is 14.5. The van der Waals surface area contributed by atoms with Crippen molar-refractivity contribution in [3.05, 3.63) is 36.4 Å². The van der Waals surface area contributed by atoms with E-state index in [2.05, 4.69) is 20.0 Å². The zero-order chi connectivity index (χ0) is 23.3. The van der Waals surface area contributed by atoms with Crippen LogP contribution in [0, 0.1) is 11.7 Å². The van der Waals surface area contributed by atoms with E-state index >= 15 is 0 Å². The van der Waals surface area contributed by atoms with Crippen LogP contribution in [0.2, 0.25) is 0 Å². The molecule has 1 fully saturated rings. The normalized spacial score (nSPS) is 14.9. The van der Waals surface area contributed by atoms with Crippen LogP contribution in [-0.4, -0.2) is 67.7 Å². The molecule has 10 nitrogen and oxygen atoms in total. The number of carboxylic acid groups (broad SMARTS) is 1. The van der Waals surface area contributed by atoms with Crippen molar-refractivity contribution in [1.82, 2.24) is 19.6 Å². The Balaban J connectivity index is 1.65. The SMILES string of the molecule is CCNS(=O)(=O)c1ccc(Nc2cc(N(C)CC3CCN(C(=O)O)CC3)ncn2)c(F)c1. The maximum Gasteiger partial charge on any atom is 0.407 e. The Labute approximate surface area is 186 Å². The summed E-state index contributed by atoms with van der Waals surface area (Å²) in [4.78, 5) is 22.7. The van der Waals surface area contributed by atoms with E-state index < -0.39 is 21.9 Å². The van der Waals surface area contributed by atoms with Crippen LogP contribution >= 0.6 is 0 Å². The topological polar surface area (TPSA) is 128 Å². The van der Waals surface area contributed by atoms with Crippen LogP contribution < -0.4 is 14.9 Å². The van der Waals surface area contributed by atoms with E-state index in [0.717, 1.165) is 18.9 Å².